The van der Waals surface area contributed by atoms with Crippen molar-refractivity contribution >= 4 is 10.2 Å². The summed E-state index contributed by atoms with van der Waals surface area (Å²) in [4.78, 5) is 0. The molecule has 5 nitrogen and oxygen atoms in total. The van der Waals surface area contributed by atoms with Crippen LogP contribution < -0.4 is 10.5 Å². The molecule has 16 heavy (non-hydrogen) atoms. The van der Waals surface area contributed by atoms with E-state index in [1.54, 1.807) is 4.31 Å². The van der Waals surface area contributed by atoms with Crippen LogP contribution in [0, 0.1) is 5.92 Å². The third-order valence-corrected chi connectivity index (χ3v) is 5.31. The van der Waals surface area contributed by atoms with Gasteiger partial charge in [0.15, 0.2) is 0 Å². The standard InChI is InChI=1S/C10H21N3O2S/c11-8-9-4-3-5-10(9)12-16(14,15)13-6-1-2-7-13/h9-10,12H,1-8,11H2. The minimum Gasteiger partial charge on any atom is -0.330 e. The minimum absolute atomic E-state index is 0.0515. The van der Waals surface area contributed by atoms with Gasteiger partial charge in [-0.3, -0.25) is 0 Å². The Hall–Kier alpha value is -0.170. The van der Waals surface area contributed by atoms with Crippen molar-refractivity contribution in [2.75, 3.05) is 19.6 Å². The topological polar surface area (TPSA) is 75.4 Å². The second-order valence-corrected chi connectivity index (χ2v) is 6.46. The Bertz CT molecular complexity index is 325. The fourth-order valence-electron chi connectivity index (χ4n) is 2.67. The van der Waals surface area contributed by atoms with Gasteiger partial charge in [0.05, 0.1) is 0 Å². The second kappa shape index (κ2) is 5.00. The first kappa shape index (κ1) is 12.3. The summed E-state index contributed by atoms with van der Waals surface area (Å²) in [6.45, 7) is 1.90. The molecule has 6 heteroatoms. The van der Waals surface area contributed by atoms with Gasteiger partial charge in [0.2, 0.25) is 0 Å². The molecule has 2 rings (SSSR count). The van der Waals surface area contributed by atoms with Crippen LogP contribution in [0.3, 0.4) is 0 Å². The van der Waals surface area contributed by atoms with Gasteiger partial charge in [-0.1, -0.05) is 6.42 Å². The summed E-state index contributed by atoms with van der Waals surface area (Å²) >= 11 is 0. The monoisotopic (exact) mass is 247 g/mol. The van der Waals surface area contributed by atoms with E-state index in [0.717, 1.165) is 32.1 Å². The molecular weight excluding hydrogens is 226 g/mol. The third-order valence-electron chi connectivity index (χ3n) is 3.67. The normalized spacial score (nSPS) is 32.3. The molecule has 2 unspecified atom stereocenters. The average Bonchev–Trinajstić information content (AvgIpc) is 2.86. The van der Waals surface area contributed by atoms with E-state index in [1.807, 2.05) is 0 Å². The lowest BCUT2D eigenvalue weighted by Gasteiger charge is -2.23. The van der Waals surface area contributed by atoms with Crippen molar-refractivity contribution in [2.24, 2.45) is 11.7 Å². The first-order chi connectivity index (χ1) is 7.63. The van der Waals surface area contributed by atoms with Crippen molar-refractivity contribution in [1.29, 1.82) is 0 Å². The van der Waals surface area contributed by atoms with E-state index < -0.39 is 10.2 Å². The fourth-order valence-corrected chi connectivity index (χ4v) is 4.25. The van der Waals surface area contributed by atoms with Crippen LogP contribution in [0.25, 0.3) is 0 Å². The fraction of sp³-hybridized carbons (Fsp3) is 1.00. The van der Waals surface area contributed by atoms with E-state index in [9.17, 15) is 8.42 Å². The Morgan fingerprint density at radius 1 is 1.19 bits per heavy atom. The van der Waals surface area contributed by atoms with Crippen molar-refractivity contribution in [1.82, 2.24) is 9.03 Å². The van der Waals surface area contributed by atoms with Gasteiger partial charge in [-0.15, -0.1) is 0 Å². The Kier molecular flexibility index (Phi) is 3.84. The zero-order valence-corrected chi connectivity index (χ0v) is 10.4. The van der Waals surface area contributed by atoms with Gasteiger partial charge in [0, 0.05) is 19.1 Å². The van der Waals surface area contributed by atoms with E-state index in [4.69, 9.17) is 5.73 Å². The van der Waals surface area contributed by atoms with Crippen LogP contribution in [0.1, 0.15) is 32.1 Å². The van der Waals surface area contributed by atoms with Crippen molar-refractivity contribution in [3.63, 3.8) is 0 Å². The van der Waals surface area contributed by atoms with Gasteiger partial charge in [-0.25, -0.2) is 0 Å². The molecule has 2 atom stereocenters. The smallest absolute Gasteiger partial charge is 0.279 e. The maximum absolute atomic E-state index is 12.0. The zero-order chi connectivity index (χ0) is 11.6. The molecule has 1 saturated carbocycles. The van der Waals surface area contributed by atoms with E-state index in [2.05, 4.69) is 4.72 Å². The summed E-state index contributed by atoms with van der Waals surface area (Å²) in [5, 5.41) is 0. The molecule has 94 valence electrons. The number of rotatable bonds is 4. The summed E-state index contributed by atoms with van der Waals surface area (Å²) in [5.74, 6) is 0.317. The van der Waals surface area contributed by atoms with E-state index >= 15 is 0 Å². The predicted octanol–water partition coefficient (Wildman–Crippen LogP) is 0.0440. The predicted molar refractivity (Wildman–Crippen MR) is 63.0 cm³/mol. The van der Waals surface area contributed by atoms with Crippen LogP contribution in [0.2, 0.25) is 0 Å². The molecule has 0 bridgehead atoms. The average molecular weight is 247 g/mol. The maximum Gasteiger partial charge on any atom is 0.279 e. The molecule has 1 aliphatic carbocycles. The summed E-state index contributed by atoms with van der Waals surface area (Å²) in [7, 11) is -3.26. The maximum atomic E-state index is 12.0. The molecule has 3 N–H and O–H groups in total. The first-order valence-electron chi connectivity index (χ1n) is 6.11. The van der Waals surface area contributed by atoms with E-state index in [1.165, 1.54) is 0 Å². The number of nitrogens with two attached hydrogens (primary N) is 1. The van der Waals surface area contributed by atoms with Crippen LogP contribution in [0.4, 0.5) is 0 Å². The summed E-state index contributed by atoms with van der Waals surface area (Å²) in [5.41, 5.74) is 5.65. The third kappa shape index (κ3) is 2.56. The number of hydrogen-bond acceptors (Lipinski definition) is 3. The molecule has 0 aromatic rings. The van der Waals surface area contributed by atoms with Crippen LogP contribution in [0.5, 0.6) is 0 Å². The highest BCUT2D eigenvalue weighted by Gasteiger charge is 2.33. The molecule has 0 aromatic heterocycles. The van der Waals surface area contributed by atoms with Gasteiger partial charge < -0.3 is 5.73 Å². The Balaban J connectivity index is 1.97. The zero-order valence-electron chi connectivity index (χ0n) is 9.56. The van der Waals surface area contributed by atoms with Gasteiger partial charge >= 0.3 is 0 Å². The highest BCUT2D eigenvalue weighted by molar-refractivity contribution is 7.87. The molecule has 1 aliphatic heterocycles. The van der Waals surface area contributed by atoms with Gasteiger partial charge in [-0.2, -0.15) is 17.4 Å². The molecule has 1 heterocycles. The number of nitrogens with one attached hydrogen (secondary N) is 1. The highest BCUT2D eigenvalue weighted by Crippen LogP contribution is 2.26. The highest BCUT2D eigenvalue weighted by atomic mass is 32.2. The van der Waals surface area contributed by atoms with E-state index in [-0.39, 0.29) is 6.04 Å². The Labute approximate surface area is 97.6 Å². The number of hydrogen-bond donors (Lipinski definition) is 2. The number of nitrogens with zero attached hydrogens (tertiary/aromatic N) is 1. The molecule has 2 aliphatic rings. The second-order valence-electron chi connectivity index (χ2n) is 4.76. The van der Waals surface area contributed by atoms with Gasteiger partial charge in [-0.05, 0) is 38.1 Å². The summed E-state index contributed by atoms with van der Waals surface area (Å²) in [6.07, 6.45) is 5.01. The lowest BCUT2D eigenvalue weighted by Crippen LogP contribution is -2.46. The van der Waals surface area contributed by atoms with Crippen LogP contribution in [-0.2, 0) is 10.2 Å². The molecule has 1 saturated heterocycles. The van der Waals surface area contributed by atoms with Gasteiger partial charge in [0.1, 0.15) is 0 Å². The summed E-state index contributed by atoms with van der Waals surface area (Å²) in [6, 6.07) is 0.0515. The van der Waals surface area contributed by atoms with Crippen molar-refractivity contribution in [2.45, 2.75) is 38.1 Å². The Morgan fingerprint density at radius 3 is 2.50 bits per heavy atom. The lowest BCUT2D eigenvalue weighted by molar-refractivity contribution is 0.417. The minimum atomic E-state index is -3.26. The van der Waals surface area contributed by atoms with Crippen molar-refractivity contribution in [3.05, 3.63) is 0 Å². The van der Waals surface area contributed by atoms with Crippen LogP contribution in [0.15, 0.2) is 0 Å². The lowest BCUT2D eigenvalue weighted by atomic mass is 10.1. The van der Waals surface area contributed by atoms with E-state index in [0.29, 0.717) is 25.6 Å². The van der Waals surface area contributed by atoms with Crippen molar-refractivity contribution < 1.29 is 8.42 Å². The molecule has 2 fully saturated rings. The van der Waals surface area contributed by atoms with Crippen LogP contribution >= 0.6 is 0 Å². The largest absolute Gasteiger partial charge is 0.330 e. The molecular formula is C10H21N3O2S. The SMILES string of the molecule is NCC1CCCC1NS(=O)(=O)N1CCCC1. The first-order valence-corrected chi connectivity index (χ1v) is 7.55. The Morgan fingerprint density at radius 2 is 1.88 bits per heavy atom. The molecule has 0 aromatic carbocycles. The molecule has 0 amide bonds. The summed E-state index contributed by atoms with van der Waals surface area (Å²) < 4.78 is 28.4. The molecule has 0 spiro atoms. The molecule has 0 radical (unpaired) electrons. The van der Waals surface area contributed by atoms with Crippen molar-refractivity contribution in [3.8, 4) is 0 Å². The quantitative estimate of drug-likeness (QED) is 0.737. The van der Waals surface area contributed by atoms with Crippen LogP contribution in [-0.4, -0.2) is 38.4 Å². The van der Waals surface area contributed by atoms with Gasteiger partial charge in [0.25, 0.3) is 10.2 Å².